The van der Waals surface area contributed by atoms with Crippen LogP contribution in [-0.4, -0.2) is 13.0 Å². The summed E-state index contributed by atoms with van der Waals surface area (Å²) in [6, 6.07) is 0. The third kappa shape index (κ3) is 2.39. The summed E-state index contributed by atoms with van der Waals surface area (Å²) in [5.74, 6) is -0.604. The maximum Gasteiger partial charge on any atom is 0.243 e. The molecule has 1 unspecified atom stereocenters. The molecule has 0 spiro atoms. The Morgan fingerprint density at radius 2 is 1.77 bits per heavy atom. The van der Waals surface area contributed by atoms with Crippen molar-refractivity contribution in [2.75, 3.05) is 6.54 Å². The van der Waals surface area contributed by atoms with Crippen LogP contribution in [0.5, 0.6) is 0 Å². The molecule has 0 heterocycles. The Morgan fingerprint density at radius 3 is 2.15 bits per heavy atom. The molecule has 0 aromatic carbocycles. The van der Waals surface area contributed by atoms with Crippen molar-refractivity contribution >= 4 is 0 Å². The minimum absolute atomic E-state index is 0.119. The van der Waals surface area contributed by atoms with Gasteiger partial charge in [0.25, 0.3) is 0 Å². The van der Waals surface area contributed by atoms with Gasteiger partial charge in [0.15, 0.2) is 0 Å². The van der Waals surface area contributed by atoms with Gasteiger partial charge in [0.05, 0.1) is 0 Å². The zero-order valence-corrected chi connectivity index (χ0v) is 8.23. The van der Waals surface area contributed by atoms with Gasteiger partial charge in [-0.05, 0) is 18.3 Å². The normalized spacial score (nSPS) is 24.7. The summed E-state index contributed by atoms with van der Waals surface area (Å²) >= 11 is 0. The van der Waals surface area contributed by atoms with Gasteiger partial charge in [0, 0.05) is 12.5 Å². The zero-order chi connectivity index (χ0) is 9.90. The second-order valence-corrected chi connectivity index (χ2v) is 4.39. The third-order valence-electron chi connectivity index (χ3n) is 3.45. The van der Waals surface area contributed by atoms with Crippen LogP contribution in [0.15, 0.2) is 0 Å². The molecular weight excluding hydrogens is 172 g/mol. The van der Waals surface area contributed by atoms with Crippen molar-refractivity contribution in [3.63, 3.8) is 0 Å². The van der Waals surface area contributed by atoms with Crippen molar-refractivity contribution in [2.24, 2.45) is 17.1 Å². The molecule has 1 saturated carbocycles. The first-order valence-corrected chi connectivity index (χ1v) is 5.08. The van der Waals surface area contributed by atoms with E-state index in [-0.39, 0.29) is 12.0 Å². The lowest BCUT2D eigenvalue weighted by atomic mass is 9.67. The predicted molar refractivity (Wildman–Crippen MR) is 49.7 cm³/mol. The van der Waals surface area contributed by atoms with Crippen molar-refractivity contribution in [1.82, 2.24) is 0 Å². The topological polar surface area (TPSA) is 26.0 Å². The average Bonchev–Trinajstić information content (AvgIpc) is 2.05. The van der Waals surface area contributed by atoms with Crippen molar-refractivity contribution in [1.29, 1.82) is 0 Å². The zero-order valence-electron chi connectivity index (χ0n) is 8.23. The van der Waals surface area contributed by atoms with E-state index in [1.54, 1.807) is 0 Å². The maximum absolute atomic E-state index is 12.6. The summed E-state index contributed by atoms with van der Waals surface area (Å²) in [7, 11) is 0. The Hall–Kier alpha value is -0.180. The van der Waals surface area contributed by atoms with Crippen LogP contribution in [-0.2, 0) is 0 Å². The standard InChI is InChI=1S/C10H19F2N/c1-10(5-3-2-4-6-10)8(7-13)9(11)12/h8-9H,2-7,13H2,1H3. The Balaban J connectivity index is 2.63. The molecular formula is C10H19F2N. The molecule has 1 fully saturated rings. The second-order valence-electron chi connectivity index (χ2n) is 4.39. The van der Waals surface area contributed by atoms with Crippen molar-refractivity contribution in [2.45, 2.75) is 45.5 Å². The van der Waals surface area contributed by atoms with E-state index in [1.807, 2.05) is 6.92 Å². The van der Waals surface area contributed by atoms with Crippen LogP contribution in [0.25, 0.3) is 0 Å². The largest absolute Gasteiger partial charge is 0.330 e. The SMILES string of the molecule is CC1(C(CN)C(F)F)CCCCC1. The van der Waals surface area contributed by atoms with Crippen molar-refractivity contribution < 1.29 is 8.78 Å². The molecule has 1 aliphatic carbocycles. The Morgan fingerprint density at radius 1 is 1.23 bits per heavy atom. The van der Waals surface area contributed by atoms with Crippen molar-refractivity contribution in [3.8, 4) is 0 Å². The fourth-order valence-corrected chi connectivity index (χ4v) is 2.42. The van der Waals surface area contributed by atoms with Crippen molar-refractivity contribution in [3.05, 3.63) is 0 Å². The molecule has 0 aliphatic heterocycles. The highest BCUT2D eigenvalue weighted by Gasteiger charge is 2.39. The Labute approximate surface area is 78.7 Å². The van der Waals surface area contributed by atoms with Crippen LogP contribution in [0.4, 0.5) is 8.78 Å². The van der Waals surface area contributed by atoms with E-state index >= 15 is 0 Å². The number of rotatable bonds is 3. The minimum atomic E-state index is -2.26. The molecule has 0 bridgehead atoms. The molecule has 1 atom stereocenters. The number of alkyl halides is 2. The van der Waals surface area contributed by atoms with Crippen LogP contribution >= 0.6 is 0 Å². The lowest BCUT2D eigenvalue weighted by Gasteiger charge is -2.39. The van der Waals surface area contributed by atoms with E-state index in [9.17, 15) is 8.78 Å². The van der Waals surface area contributed by atoms with Gasteiger partial charge < -0.3 is 5.73 Å². The maximum atomic E-state index is 12.6. The van der Waals surface area contributed by atoms with Gasteiger partial charge in [0.1, 0.15) is 0 Å². The molecule has 2 N–H and O–H groups in total. The van der Waals surface area contributed by atoms with Gasteiger partial charge >= 0.3 is 0 Å². The van der Waals surface area contributed by atoms with Crippen LogP contribution < -0.4 is 5.73 Å². The fourth-order valence-electron chi connectivity index (χ4n) is 2.42. The van der Waals surface area contributed by atoms with E-state index in [0.29, 0.717) is 0 Å². The van der Waals surface area contributed by atoms with Gasteiger partial charge in [-0.15, -0.1) is 0 Å². The lowest BCUT2D eigenvalue weighted by Crippen LogP contribution is -2.39. The molecule has 0 aromatic heterocycles. The highest BCUT2D eigenvalue weighted by Crippen LogP contribution is 2.44. The molecule has 78 valence electrons. The second kappa shape index (κ2) is 4.36. The van der Waals surface area contributed by atoms with E-state index in [0.717, 1.165) is 25.7 Å². The minimum Gasteiger partial charge on any atom is -0.330 e. The molecule has 3 heteroatoms. The molecule has 0 aromatic rings. The fraction of sp³-hybridized carbons (Fsp3) is 1.00. The third-order valence-corrected chi connectivity index (χ3v) is 3.45. The van der Waals surface area contributed by atoms with Gasteiger partial charge in [-0.25, -0.2) is 8.78 Å². The molecule has 1 aliphatic rings. The Bertz CT molecular complexity index is 153. The number of nitrogens with two attached hydrogens (primary N) is 1. The number of hydrogen-bond acceptors (Lipinski definition) is 1. The summed E-state index contributed by atoms with van der Waals surface area (Å²) in [5, 5.41) is 0. The highest BCUT2D eigenvalue weighted by atomic mass is 19.3. The summed E-state index contributed by atoms with van der Waals surface area (Å²) in [6.07, 6.45) is 2.93. The number of halogens is 2. The average molecular weight is 191 g/mol. The summed E-state index contributed by atoms with van der Waals surface area (Å²) in [4.78, 5) is 0. The van der Waals surface area contributed by atoms with Crippen LogP contribution in [0, 0.1) is 11.3 Å². The highest BCUT2D eigenvalue weighted by molar-refractivity contribution is 4.87. The molecule has 13 heavy (non-hydrogen) atoms. The van der Waals surface area contributed by atoms with Crippen LogP contribution in [0.3, 0.4) is 0 Å². The van der Waals surface area contributed by atoms with E-state index in [1.165, 1.54) is 6.42 Å². The van der Waals surface area contributed by atoms with Gasteiger partial charge in [-0.2, -0.15) is 0 Å². The first kappa shape index (κ1) is 10.9. The summed E-state index contributed by atoms with van der Waals surface area (Å²) in [6.45, 7) is 2.09. The molecule has 0 amide bonds. The molecule has 0 saturated heterocycles. The van der Waals surface area contributed by atoms with Gasteiger partial charge in [-0.1, -0.05) is 26.2 Å². The van der Waals surface area contributed by atoms with Gasteiger partial charge in [0.2, 0.25) is 6.43 Å². The smallest absolute Gasteiger partial charge is 0.243 e. The molecule has 1 rings (SSSR count). The molecule has 1 nitrogen and oxygen atoms in total. The lowest BCUT2D eigenvalue weighted by molar-refractivity contribution is -0.0133. The van der Waals surface area contributed by atoms with E-state index in [2.05, 4.69) is 0 Å². The first-order chi connectivity index (χ1) is 6.10. The van der Waals surface area contributed by atoms with Crippen LogP contribution in [0.2, 0.25) is 0 Å². The van der Waals surface area contributed by atoms with Crippen LogP contribution in [0.1, 0.15) is 39.0 Å². The number of hydrogen-bond donors (Lipinski definition) is 1. The summed E-state index contributed by atoms with van der Waals surface area (Å²) in [5.41, 5.74) is 5.20. The first-order valence-electron chi connectivity index (χ1n) is 5.08. The monoisotopic (exact) mass is 191 g/mol. The predicted octanol–water partition coefficient (Wildman–Crippen LogP) is 2.80. The quantitative estimate of drug-likeness (QED) is 0.729. The van der Waals surface area contributed by atoms with Gasteiger partial charge in [-0.3, -0.25) is 0 Å². The summed E-state index contributed by atoms with van der Waals surface area (Å²) < 4.78 is 25.3. The molecule has 0 radical (unpaired) electrons. The van der Waals surface area contributed by atoms with E-state index in [4.69, 9.17) is 5.73 Å². The Kier molecular flexibility index (Phi) is 3.65. The van der Waals surface area contributed by atoms with E-state index < -0.39 is 12.3 Å².